The Labute approximate surface area is 136 Å². The Bertz CT molecular complexity index is 826. The Kier molecular flexibility index (Phi) is 4.75. The number of carbonyl (C=O) groups is 1. The van der Waals surface area contributed by atoms with Gasteiger partial charge in [-0.05, 0) is 43.7 Å². The maximum absolute atomic E-state index is 12.8. The molecule has 0 atom stereocenters. The predicted molar refractivity (Wildman–Crippen MR) is 89.3 cm³/mol. The summed E-state index contributed by atoms with van der Waals surface area (Å²) in [7, 11) is -0.936. The van der Waals surface area contributed by atoms with Crippen molar-refractivity contribution in [1.29, 1.82) is 0 Å². The summed E-state index contributed by atoms with van der Waals surface area (Å²) in [6.07, 6.45) is 0. The third-order valence-electron chi connectivity index (χ3n) is 3.73. The molecular formula is C17H19NO4S. The number of carbonyl (C=O) groups excluding carboxylic acids is 1. The van der Waals surface area contributed by atoms with E-state index in [1.807, 2.05) is 6.92 Å². The summed E-state index contributed by atoms with van der Waals surface area (Å²) in [4.78, 5) is 12.0. The number of rotatable bonds is 4. The molecule has 0 saturated carbocycles. The second-order valence-electron chi connectivity index (χ2n) is 5.23. The third-order valence-corrected chi connectivity index (χ3v) is 5.51. The molecule has 0 aliphatic heterocycles. The maximum atomic E-state index is 12.8. The van der Waals surface area contributed by atoms with Gasteiger partial charge in [-0.3, -0.25) is 4.31 Å². The first-order chi connectivity index (χ1) is 10.8. The van der Waals surface area contributed by atoms with Crippen molar-refractivity contribution in [3.63, 3.8) is 0 Å². The number of methoxy groups -OCH3 is 1. The molecule has 0 heterocycles. The summed E-state index contributed by atoms with van der Waals surface area (Å²) < 4.78 is 31.4. The second kappa shape index (κ2) is 6.42. The first-order valence-electron chi connectivity index (χ1n) is 7.02. The van der Waals surface area contributed by atoms with E-state index in [-0.39, 0.29) is 4.90 Å². The van der Waals surface area contributed by atoms with Crippen LogP contribution in [0, 0.1) is 13.8 Å². The number of sulfonamides is 1. The zero-order valence-electron chi connectivity index (χ0n) is 13.5. The minimum atomic E-state index is -3.70. The van der Waals surface area contributed by atoms with Gasteiger partial charge in [0.2, 0.25) is 0 Å². The first kappa shape index (κ1) is 17.0. The lowest BCUT2D eigenvalue weighted by Crippen LogP contribution is -2.27. The number of benzene rings is 2. The van der Waals surface area contributed by atoms with E-state index >= 15 is 0 Å². The van der Waals surface area contributed by atoms with Crippen LogP contribution < -0.4 is 4.31 Å². The van der Waals surface area contributed by atoms with Crippen LogP contribution >= 0.6 is 0 Å². The van der Waals surface area contributed by atoms with Gasteiger partial charge in [-0.2, -0.15) is 0 Å². The van der Waals surface area contributed by atoms with Gasteiger partial charge in [0.25, 0.3) is 10.0 Å². The molecule has 23 heavy (non-hydrogen) atoms. The summed E-state index contributed by atoms with van der Waals surface area (Å²) in [5, 5.41) is 0. The topological polar surface area (TPSA) is 63.7 Å². The van der Waals surface area contributed by atoms with E-state index in [1.165, 1.54) is 18.5 Å². The zero-order valence-corrected chi connectivity index (χ0v) is 14.3. The zero-order chi connectivity index (χ0) is 17.2. The molecule has 5 nitrogen and oxygen atoms in total. The smallest absolute Gasteiger partial charge is 0.338 e. The summed E-state index contributed by atoms with van der Waals surface area (Å²) >= 11 is 0. The van der Waals surface area contributed by atoms with Gasteiger partial charge in [-0.1, -0.05) is 23.8 Å². The molecule has 0 spiro atoms. The van der Waals surface area contributed by atoms with Crippen LogP contribution in [0.2, 0.25) is 0 Å². The van der Waals surface area contributed by atoms with Crippen molar-refractivity contribution in [3.05, 3.63) is 59.2 Å². The summed E-state index contributed by atoms with van der Waals surface area (Å²) in [5.74, 6) is -0.495. The van der Waals surface area contributed by atoms with Crippen molar-refractivity contribution in [1.82, 2.24) is 0 Å². The fraction of sp³-hybridized carbons (Fsp3) is 0.235. The number of hydrogen-bond acceptors (Lipinski definition) is 4. The quantitative estimate of drug-likeness (QED) is 0.807. The number of esters is 1. The molecule has 0 aliphatic rings. The Balaban J connectivity index is 2.50. The molecule has 0 amide bonds. The van der Waals surface area contributed by atoms with Gasteiger partial charge in [-0.25, -0.2) is 13.2 Å². The second-order valence-corrected chi connectivity index (χ2v) is 7.20. The predicted octanol–water partition coefficient (Wildman–Crippen LogP) is 2.92. The van der Waals surface area contributed by atoms with Crippen LogP contribution in [0.1, 0.15) is 21.5 Å². The molecule has 2 aromatic rings. The number of aryl methyl sites for hydroxylation is 1. The van der Waals surface area contributed by atoms with Crippen molar-refractivity contribution in [2.75, 3.05) is 18.5 Å². The lowest BCUT2D eigenvalue weighted by molar-refractivity contribution is 0.0600. The highest BCUT2D eigenvalue weighted by atomic mass is 32.2. The number of hydrogen-bond donors (Lipinski definition) is 0. The molecular weight excluding hydrogens is 314 g/mol. The standard InChI is InChI=1S/C17H19NO4S/c1-12-8-10-14(11-9-12)23(20,21)18(3)16-7-5-6-15(13(16)2)17(19)22-4/h5-11H,1-4H3. The Morgan fingerprint density at radius 2 is 1.65 bits per heavy atom. The molecule has 122 valence electrons. The molecule has 6 heteroatoms. The van der Waals surface area contributed by atoms with Gasteiger partial charge < -0.3 is 4.74 Å². The Morgan fingerprint density at radius 3 is 2.22 bits per heavy atom. The van der Waals surface area contributed by atoms with Gasteiger partial charge in [-0.15, -0.1) is 0 Å². The summed E-state index contributed by atoms with van der Waals surface area (Å²) in [5.41, 5.74) is 2.32. The van der Waals surface area contributed by atoms with Gasteiger partial charge in [0, 0.05) is 7.05 Å². The molecule has 0 fully saturated rings. The van der Waals surface area contributed by atoms with E-state index < -0.39 is 16.0 Å². The molecule has 2 aromatic carbocycles. The minimum absolute atomic E-state index is 0.202. The average Bonchev–Trinajstić information content (AvgIpc) is 2.54. The molecule has 2 rings (SSSR count). The Hall–Kier alpha value is -2.34. The maximum Gasteiger partial charge on any atom is 0.338 e. The van der Waals surface area contributed by atoms with E-state index in [4.69, 9.17) is 4.74 Å². The summed E-state index contributed by atoms with van der Waals surface area (Å²) in [6, 6.07) is 11.5. The fourth-order valence-electron chi connectivity index (χ4n) is 2.29. The van der Waals surface area contributed by atoms with Crippen LogP contribution in [0.4, 0.5) is 5.69 Å². The van der Waals surface area contributed by atoms with Gasteiger partial charge >= 0.3 is 5.97 Å². The van der Waals surface area contributed by atoms with Gasteiger partial charge in [0.1, 0.15) is 0 Å². The lowest BCUT2D eigenvalue weighted by Gasteiger charge is -2.22. The minimum Gasteiger partial charge on any atom is -0.465 e. The normalized spacial score (nSPS) is 11.1. The van der Waals surface area contributed by atoms with E-state index in [1.54, 1.807) is 49.4 Å². The van der Waals surface area contributed by atoms with E-state index in [0.29, 0.717) is 16.8 Å². The van der Waals surface area contributed by atoms with Gasteiger partial charge in [0.05, 0.1) is 23.3 Å². The highest BCUT2D eigenvalue weighted by molar-refractivity contribution is 7.92. The SMILES string of the molecule is COC(=O)c1cccc(N(C)S(=O)(=O)c2ccc(C)cc2)c1C. The first-order valence-corrected chi connectivity index (χ1v) is 8.46. The van der Waals surface area contributed by atoms with Crippen LogP contribution in [-0.4, -0.2) is 28.5 Å². The molecule has 0 bridgehead atoms. The van der Waals surface area contributed by atoms with Crippen molar-refractivity contribution in [2.24, 2.45) is 0 Å². The molecule has 0 aromatic heterocycles. The van der Waals surface area contributed by atoms with Crippen molar-refractivity contribution in [3.8, 4) is 0 Å². The van der Waals surface area contributed by atoms with Crippen LogP contribution in [-0.2, 0) is 14.8 Å². The van der Waals surface area contributed by atoms with E-state index in [2.05, 4.69) is 0 Å². The van der Waals surface area contributed by atoms with Crippen LogP contribution in [0.3, 0.4) is 0 Å². The molecule has 0 N–H and O–H groups in total. The molecule has 0 radical (unpaired) electrons. The number of nitrogens with zero attached hydrogens (tertiary/aromatic N) is 1. The third kappa shape index (κ3) is 3.22. The largest absolute Gasteiger partial charge is 0.465 e. The van der Waals surface area contributed by atoms with E-state index in [0.717, 1.165) is 5.56 Å². The highest BCUT2D eigenvalue weighted by Gasteiger charge is 2.24. The monoisotopic (exact) mass is 333 g/mol. The molecule has 0 saturated heterocycles. The summed E-state index contributed by atoms with van der Waals surface area (Å²) in [6.45, 7) is 3.59. The Morgan fingerprint density at radius 1 is 1.04 bits per heavy atom. The molecule has 0 aliphatic carbocycles. The van der Waals surface area contributed by atoms with Crippen molar-refractivity contribution in [2.45, 2.75) is 18.7 Å². The van der Waals surface area contributed by atoms with Gasteiger partial charge in [0.15, 0.2) is 0 Å². The number of anilines is 1. The van der Waals surface area contributed by atoms with Crippen LogP contribution in [0.5, 0.6) is 0 Å². The van der Waals surface area contributed by atoms with Crippen LogP contribution in [0.25, 0.3) is 0 Å². The van der Waals surface area contributed by atoms with Crippen molar-refractivity contribution < 1.29 is 17.9 Å². The number of ether oxygens (including phenoxy) is 1. The van der Waals surface area contributed by atoms with Crippen molar-refractivity contribution >= 4 is 21.7 Å². The van der Waals surface area contributed by atoms with Crippen LogP contribution in [0.15, 0.2) is 47.4 Å². The van der Waals surface area contributed by atoms with E-state index in [9.17, 15) is 13.2 Å². The molecule has 0 unspecified atom stereocenters. The lowest BCUT2D eigenvalue weighted by atomic mass is 10.1. The average molecular weight is 333 g/mol. The fourth-order valence-corrected chi connectivity index (χ4v) is 3.55. The highest BCUT2D eigenvalue weighted by Crippen LogP contribution is 2.27.